The summed E-state index contributed by atoms with van der Waals surface area (Å²) < 4.78 is 5.92. The molecule has 134 valence electrons. The van der Waals surface area contributed by atoms with Crippen molar-refractivity contribution >= 4 is 28.0 Å². The lowest BCUT2D eigenvalue weighted by molar-refractivity contribution is -0.148. The van der Waals surface area contributed by atoms with Crippen LogP contribution in [0.5, 0.6) is 0 Å². The minimum atomic E-state index is -1.60. The van der Waals surface area contributed by atoms with E-state index >= 15 is 0 Å². The topological polar surface area (TPSA) is 101 Å². The van der Waals surface area contributed by atoms with Crippen molar-refractivity contribution in [1.82, 2.24) is 15.3 Å². The van der Waals surface area contributed by atoms with Crippen molar-refractivity contribution in [2.24, 2.45) is 5.92 Å². The molecule has 24 heavy (non-hydrogen) atoms. The first-order valence-electron chi connectivity index (χ1n) is 7.62. The molecule has 2 N–H and O–H groups in total. The van der Waals surface area contributed by atoms with Crippen LogP contribution in [0.1, 0.15) is 53.3 Å². The molecule has 0 aliphatic rings. The number of nitrogens with zero attached hydrogens (tertiary/aromatic N) is 2. The molecule has 0 fully saturated rings. The van der Waals surface area contributed by atoms with E-state index in [0.29, 0.717) is 10.3 Å². The van der Waals surface area contributed by atoms with Gasteiger partial charge >= 0.3 is 12.1 Å². The molecule has 1 aromatic rings. The third kappa shape index (κ3) is 4.66. The smallest absolute Gasteiger partial charge is 0.408 e. The van der Waals surface area contributed by atoms with E-state index in [0.717, 1.165) is 0 Å². The summed E-state index contributed by atoms with van der Waals surface area (Å²) in [6.45, 7) is 10.3. The number of aromatic nitrogens is 2. The predicted octanol–water partition coefficient (Wildman–Crippen LogP) is 3.35. The molecule has 1 aromatic heterocycles. The number of carboxylic acids is 1. The second kappa shape index (κ2) is 7.46. The number of hydrogen-bond donors (Lipinski definition) is 2. The van der Waals surface area contributed by atoms with Crippen molar-refractivity contribution in [3.63, 3.8) is 0 Å². The molecule has 0 saturated heterocycles. The maximum atomic E-state index is 12.2. The second-order valence-corrected chi connectivity index (χ2v) is 7.85. The van der Waals surface area contributed by atoms with E-state index in [1.54, 1.807) is 53.9 Å². The average molecular weight is 402 g/mol. The number of hydrogen-bond acceptors (Lipinski definition) is 5. The first kappa shape index (κ1) is 20.3. The normalized spacial score (nSPS) is 15.5. The van der Waals surface area contributed by atoms with Crippen LogP contribution in [-0.2, 0) is 9.53 Å². The highest BCUT2D eigenvalue weighted by Gasteiger charge is 2.50. The molecule has 0 aromatic carbocycles. The Balaban J connectivity index is 3.26. The third-order valence-corrected chi connectivity index (χ3v) is 4.09. The Morgan fingerprint density at radius 3 is 2.08 bits per heavy atom. The van der Waals surface area contributed by atoms with Gasteiger partial charge in [0.1, 0.15) is 11.4 Å². The summed E-state index contributed by atoms with van der Waals surface area (Å²) >= 11 is 3.25. The molecule has 1 unspecified atom stereocenters. The number of ether oxygens (including phenoxy) is 1. The minimum absolute atomic E-state index is 0.324. The highest BCUT2D eigenvalue weighted by molar-refractivity contribution is 9.10. The Morgan fingerprint density at radius 2 is 1.71 bits per heavy atom. The maximum absolute atomic E-state index is 12.2. The highest BCUT2D eigenvalue weighted by atomic mass is 79.9. The molecule has 7 nitrogen and oxygen atoms in total. The number of halogens is 1. The van der Waals surface area contributed by atoms with Gasteiger partial charge in [-0.3, -0.25) is 0 Å². The van der Waals surface area contributed by atoms with Gasteiger partial charge in [-0.05, 0) is 42.6 Å². The first-order valence-corrected chi connectivity index (χ1v) is 8.41. The van der Waals surface area contributed by atoms with E-state index in [9.17, 15) is 14.7 Å². The van der Waals surface area contributed by atoms with Crippen molar-refractivity contribution in [2.45, 2.75) is 58.6 Å². The van der Waals surface area contributed by atoms with Crippen LogP contribution >= 0.6 is 15.9 Å². The number of carbonyl (C=O) groups is 2. The predicted molar refractivity (Wildman–Crippen MR) is 92.7 cm³/mol. The first-order chi connectivity index (χ1) is 10.9. The lowest BCUT2D eigenvalue weighted by Gasteiger charge is -2.38. The number of carboxylic acid groups (broad SMARTS) is 1. The Hall–Kier alpha value is -1.70. The molecule has 2 atom stereocenters. The van der Waals surface area contributed by atoms with Crippen molar-refractivity contribution in [2.75, 3.05) is 0 Å². The summed E-state index contributed by atoms with van der Waals surface area (Å²) in [6, 6.07) is 0. The highest BCUT2D eigenvalue weighted by Crippen LogP contribution is 2.33. The zero-order valence-corrected chi connectivity index (χ0v) is 16.3. The zero-order chi connectivity index (χ0) is 18.7. The summed E-state index contributed by atoms with van der Waals surface area (Å²) in [5.74, 6) is -1.94. The van der Waals surface area contributed by atoms with Gasteiger partial charge in [-0.25, -0.2) is 19.6 Å². The molecule has 0 saturated carbocycles. The van der Waals surface area contributed by atoms with Crippen molar-refractivity contribution in [3.8, 4) is 0 Å². The number of amides is 1. The van der Waals surface area contributed by atoms with Crippen LogP contribution in [0.4, 0.5) is 4.79 Å². The van der Waals surface area contributed by atoms with Crippen molar-refractivity contribution in [1.29, 1.82) is 0 Å². The summed E-state index contributed by atoms with van der Waals surface area (Å²) in [5, 5.41) is 12.4. The molecule has 8 heteroatoms. The number of nitrogens with one attached hydrogen (secondary N) is 1. The quantitative estimate of drug-likeness (QED) is 0.783. The van der Waals surface area contributed by atoms with Crippen LogP contribution in [0.2, 0.25) is 0 Å². The molecule has 0 aliphatic heterocycles. The van der Waals surface area contributed by atoms with E-state index in [1.165, 1.54) is 0 Å². The average Bonchev–Trinajstić information content (AvgIpc) is 2.42. The van der Waals surface area contributed by atoms with Crippen LogP contribution in [-0.4, -0.2) is 38.3 Å². The van der Waals surface area contributed by atoms with Crippen LogP contribution in [0.3, 0.4) is 0 Å². The summed E-state index contributed by atoms with van der Waals surface area (Å²) in [6.07, 6.45) is 2.29. The Bertz CT molecular complexity index is 598. The molecule has 1 rings (SSSR count). The van der Waals surface area contributed by atoms with Crippen LogP contribution in [0.15, 0.2) is 16.9 Å². The van der Waals surface area contributed by atoms with Gasteiger partial charge in [0.25, 0.3) is 0 Å². The SMILES string of the molecule is CC(C)[C@](NC(=O)OC(C)(C)C)(C(=O)O)C(C)c1ncc(Br)cn1. The molecular formula is C16H24BrN3O4. The third-order valence-electron chi connectivity index (χ3n) is 3.68. The Morgan fingerprint density at radius 1 is 1.21 bits per heavy atom. The fraction of sp³-hybridized carbons (Fsp3) is 0.625. The Kier molecular flexibility index (Phi) is 6.32. The second-order valence-electron chi connectivity index (χ2n) is 6.94. The molecule has 0 aliphatic carbocycles. The number of alkyl carbamates (subject to hydrolysis) is 1. The van der Waals surface area contributed by atoms with E-state index in [2.05, 4.69) is 31.2 Å². The lowest BCUT2D eigenvalue weighted by Crippen LogP contribution is -2.62. The molecular weight excluding hydrogens is 378 g/mol. The van der Waals surface area contributed by atoms with Gasteiger partial charge in [-0.15, -0.1) is 0 Å². The Labute approximate surface area is 150 Å². The van der Waals surface area contributed by atoms with Crippen molar-refractivity contribution < 1.29 is 19.4 Å². The van der Waals surface area contributed by atoms with Gasteiger partial charge in [-0.2, -0.15) is 0 Å². The fourth-order valence-electron chi connectivity index (χ4n) is 2.46. The van der Waals surface area contributed by atoms with E-state index in [1.807, 2.05) is 0 Å². The molecule has 0 bridgehead atoms. The standard InChI is InChI=1S/C16H24BrN3O4/c1-9(2)16(13(21)22,20-14(23)24-15(4,5)6)10(3)12-18-7-11(17)8-19-12/h7-10H,1-6H3,(H,20,23)(H,21,22)/t10?,16-/m1/s1. The van der Waals surface area contributed by atoms with Crippen LogP contribution in [0.25, 0.3) is 0 Å². The number of aliphatic carboxylic acids is 1. The number of rotatable bonds is 5. The summed E-state index contributed by atoms with van der Waals surface area (Å²) in [7, 11) is 0. The van der Waals surface area contributed by atoms with E-state index in [-0.39, 0.29) is 0 Å². The van der Waals surface area contributed by atoms with Crippen molar-refractivity contribution in [3.05, 3.63) is 22.7 Å². The van der Waals surface area contributed by atoms with Gasteiger partial charge in [0.05, 0.1) is 10.4 Å². The van der Waals surface area contributed by atoms with Gasteiger partial charge < -0.3 is 15.2 Å². The molecule has 1 heterocycles. The largest absolute Gasteiger partial charge is 0.479 e. The van der Waals surface area contributed by atoms with E-state index < -0.39 is 35.0 Å². The summed E-state index contributed by atoms with van der Waals surface area (Å²) in [4.78, 5) is 32.7. The lowest BCUT2D eigenvalue weighted by atomic mass is 9.75. The monoisotopic (exact) mass is 401 g/mol. The summed E-state index contributed by atoms with van der Waals surface area (Å²) in [5.41, 5.74) is -2.33. The van der Waals surface area contributed by atoms with Crippen LogP contribution < -0.4 is 5.32 Å². The van der Waals surface area contributed by atoms with E-state index in [4.69, 9.17) is 4.74 Å². The van der Waals surface area contributed by atoms with Gasteiger partial charge in [-0.1, -0.05) is 20.8 Å². The molecule has 0 spiro atoms. The molecule has 1 amide bonds. The van der Waals surface area contributed by atoms with Gasteiger partial charge in [0.15, 0.2) is 5.54 Å². The molecule has 0 radical (unpaired) electrons. The van der Waals surface area contributed by atoms with Gasteiger partial charge in [0.2, 0.25) is 0 Å². The fourth-order valence-corrected chi connectivity index (χ4v) is 2.66. The maximum Gasteiger partial charge on any atom is 0.408 e. The number of carbonyl (C=O) groups excluding carboxylic acids is 1. The minimum Gasteiger partial charge on any atom is -0.479 e. The van der Waals surface area contributed by atoms with Crippen LogP contribution in [0, 0.1) is 5.92 Å². The zero-order valence-electron chi connectivity index (χ0n) is 14.8. The van der Waals surface area contributed by atoms with Gasteiger partial charge in [0, 0.05) is 12.4 Å².